The first kappa shape index (κ1) is 17.7. The van der Waals surface area contributed by atoms with Gasteiger partial charge in [-0.1, -0.05) is 12.8 Å². The average Bonchev–Trinajstić information content (AvgIpc) is 2.86. The van der Waals surface area contributed by atoms with Crippen LogP contribution in [0.4, 0.5) is 0 Å². The van der Waals surface area contributed by atoms with Crippen molar-refractivity contribution in [1.82, 2.24) is 10.2 Å². The topological polar surface area (TPSA) is 66.5 Å². The minimum atomic E-state index is -0.167. The van der Waals surface area contributed by atoms with Gasteiger partial charge in [0.05, 0.1) is 11.8 Å². The van der Waals surface area contributed by atoms with Crippen LogP contribution >= 0.6 is 0 Å². The van der Waals surface area contributed by atoms with Gasteiger partial charge in [-0.2, -0.15) is 0 Å². The summed E-state index contributed by atoms with van der Waals surface area (Å²) in [6.07, 6.45) is 11.5. The Kier molecular flexibility index (Phi) is 4.14. The Morgan fingerprint density at radius 3 is 1.96 bits per heavy atom. The lowest BCUT2D eigenvalue weighted by Crippen LogP contribution is -2.57. The number of likely N-dealkylation sites (tertiary alicyclic amines) is 1. The molecule has 4 bridgehead atoms. The molecule has 5 heteroatoms. The molecule has 3 atom stereocenters. The molecule has 6 rings (SSSR count). The van der Waals surface area contributed by atoms with Crippen molar-refractivity contribution >= 4 is 17.7 Å². The van der Waals surface area contributed by atoms with Crippen LogP contribution in [0.15, 0.2) is 0 Å². The molecule has 3 amide bonds. The molecule has 0 unspecified atom stereocenters. The second-order valence-electron chi connectivity index (χ2n) is 10.3. The fraction of sp³-hybridized carbons (Fsp3) is 0.864. The third-order valence-electron chi connectivity index (χ3n) is 8.62. The third-order valence-corrected chi connectivity index (χ3v) is 8.62. The van der Waals surface area contributed by atoms with Crippen LogP contribution in [0.25, 0.3) is 0 Å². The summed E-state index contributed by atoms with van der Waals surface area (Å²) in [5.41, 5.74) is 0.247. The number of fused-ring (bicyclic) bond motifs is 1. The molecule has 27 heavy (non-hydrogen) atoms. The lowest BCUT2D eigenvalue weighted by molar-refractivity contribution is -0.144. The minimum absolute atomic E-state index is 0.0820. The predicted molar refractivity (Wildman–Crippen MR) is 100 cm³/mol. The summed E-state index contributed by atoms with van der Waals surface area (Å²) in [5, 5.41) is 3.20. The van der Waals surface area contributed by atoms with Gasteiger partial charge in [-0.05, 0) is 81.5 Å². The van der Waals surface area contributed by atoms with E-state index in [1.54, 1.807) is 0 Å². The van der Waals surface area contributed by atoms with E-state index in [1.807, 2.05) is 0 Å². The van der Waals surface area contributed by atoms with E-state index in [9.17, 15) is 14.4 Å². The standard InChI is InChI=1S/C22H32N2O3/c1-13(22-9-14-6-15(10-22)8-16(7-14)11-22)23-19(25)12-24-20(26)17-4-2-3-5-18(17)21(24)27/h13-18H,2-12H2,1H3,(H,23,25)/t13-,14?,15?,16?,17-,18+,22?/m0/s1. The van der Waals surface area contributed by atoms with E-state index in [-0.39, 0.29) is 47.6 Å². The van der Waals surface area contributed by atoms with Gasteiger partial charge in [0.15, 0.2) is 0 Å². The molecule has 0 spiro atoms. The van der Waals surface area contributed by atoms with Crippen molar-refractivity contribution in [3.05, 3.63) is 0 Å². The van der Waals surface area contributed by atoms with Crippen molar-refractivity contribution in [1.29, 1.82) is 0 Å². The van der Waals surface area contributed by atoms with Crippen molar-refractivity contribution < 1.29 is 14.4 Å². The second kappa shape index (κ2) is 6.31. The largest absolute Gasteiger partial charge is 0.352 e. The van der Waals surface area contributed by atoms with Crippen LogP contribution < -0.4 is 5.32 Å². The highest BCUT2D eigenvalue weighted by Gasteiger charge is 2.54. The summed E-state index contributed by atoms with van der Waals surface area (Å²) < 4.78 is 0. The zero-order valence-electron chi connectivity index (χ0n) is 16.4. The number of carbonyl (C=O) groups excluding carboxylic acids is 3. The monoisotopic (exact) mass is 372 g/mol. The number of carbonyl (C=O) groups is 3. The second-order valence-corrected chi connectivity index (χ2v) is 10.3. The number of nitrogens with one attached hydrogen (secondary N) is 1. The Bertz CT molecular complexity index is 613. The fourth-order valence-electron chi connectivity index (χ4n) is 7.68. The van der Waals surface area contributed by atoms with E-state index in [0.717, 1.165) is 43.4 Å². The molecule has 1 N–H and O–H groups in total. The Morgan fingerprint density at radius 1 is 1.00 bits per heavy atom. The molecular weight excluding hydrogens is 340 g/mol. The van der Waals surface area contributed by atoms with E-state index in [1.165, 1.54) is 43.4 Å². The van der Waals surface area contributed by atoms with Gasteiger partial charge in [-0.3, -0.25) is 19.3 Å². The van der Waals surface area contributed by atoms with Crippen LogP contribution in [0.1, 0.15) is 71.1 Å². The number of imide groups is 1. The van der Waals surface area contributed by atoms with Crippen LogP contribution in [0.2, 0.25) is 0 Å². The molecule has 1 heterocycles. The predicted octanol–water partition coefficient (Wildman–Crippen LogP) is 2.88. The summed E-state index contributed by atoms with van der Waals surface area (Å²) in [6, 6.07) is 0.133. The lowest BCUT2D eigenvalue weighted by Gasteiger charge is -2.59. The molecule has 0 aromatic carbocycles. The van der Waals surface area contributed by atoms with Crippen LogP contribution in [0, 0.1) is 35.0 Å². The number of rotatable bonds is 4. The molecule has 5 nitrogen and oxygen atoms in total. The molecule has 148 valence electrons. The van der Waals surface area contributed by atoms with Crippen LogP contribution in [-0.4, -0.2) is 35.2 Å². The highest BCUT2D eigenvalue weighted by atomic mass is 16.2. The number of hydrogen-bond acceptors (Lipinski definition) is 3. The van der Waals surface area contributed by atoms with Crippen molar-refractivity contribution in [3.8, 4) is 0 Å². The van der Waals surface area contributed by atoms with E-state index < -0.39 is 0 Å². The van der Waals surface area contributed by atoms with Gasteiger partial charge in [0.2, 0.25) is 17.7 Å². The van der Waals surface area contributed by atoms with Crippen molar-refractivity contribution in [2.24, 2.45) is 35.0 Å². The highest BCUT2D eigenvalue weighted by Crippen LogP contribution is 2.61. The lowest BCUT2D eigenvalue weighted by atomic mass is 9.48. The van der Waals surface area contributed by atoms with Crippen molar-refractivity contribution in [3.63, 3.8) is 0 Å². The summed E-state index contributed by atoms with van der Waals surface area (Å²) in [6.45, 7) is 2.07. The van der Waals surface area contributed by atoms with Gasteiger partial charge in [0.25, 0.3) is 0 Å². The molecule has 0 aromatic heterocycles. The van der Waals surface area contributed by atoms with Gasteiger partial charge < -0.3 is 5.32 Å². The average molecular weight is 373 g/mol. The summed E-state index contributed by atoms with van der Waals surface area (Å²) in [5.74, 6) is 1.84. The maximum Gasteiger partial charge on any atom is 0.240 e. The normalized spacial score (nSPS) is 43.7. The first-order valence-electron chi connectivity index (χ1n) is 11.1. The molecule has 5 saturated carbocycles. The molecule has 6 aliphatic rings. The van der Waals surface area contributed by atoms with Crippen molar-refractivity contribution in [2.45, 2.75) is 77.2 Å². The van der Waals surface area contributed by atoms with Crippen LogP contribution in [-0.2, 0) is 14.4 Å². The van der Waals surface area contributed by atoms with Gasteiger partial charge >= 0.3 is 0 Å². The highest BCUT2D eigenvalue weighted by molar-refractivity contribution is 6.07. The van der Waals surface area contributed by atoms with Crippen LogP contribution in [0.5, 0.6) is 0 Å². The number of hydrogen-bond donors (Lipinski definition) is 1. The van der Waals surface area contributed by atoms with E-state index >= 15 is 0 Å². The molecule has 1 aliphatic heterocycles. The zero-order chi connectivity index (χ0) is 18.8. The molecule has 6 fully saturated rings. The first-order chi connectivity index (χ1) is 12.9. The Hall–Kier alpha value is -1.39. The molecule has 0 aromatic rings. The van der Waals surface area contributed by atoms with Gasteiger partial charge in [-0.25, -0.2) is 0 Å². The smallest absolute Gasteiger partial charge is 0.240 e. The maximum atomic E-state index is 12.7. The Labute approximate surface area is 161 Å². The Morgan fingerprint density at radius 2 is 1.48 bits per heavy atom. The molecular formula is C22H32N2O3. The summed E-state index contributed by atoms with van der Waals surface area (Å²) >= 11 is 0. The zero-order valence-corrected chi connectivity index (χ0v) is 16.4. The minimum Gasteiger partial charge on any atom is -0.352 e. The fourth-order valence-corrected chi connectivity index (χ4v) is 7.68. The first-order valence-corrected chi connectivity index (χ1v) is 11.1. The van der Waals surface area contributed by atoms with E-state index in [4.69, 9.17) is 0 Å². The van der Waals surface area contributed by atoms with Crippen LogP contribution in [0.3, 0.4) is 0 Å². The Balaban J connectivity index is 1.23. The quantitative estimate of drug-likeness (QED) is 0.772. The number of amides is 3. The SMILES string of the molecule is C[C@H](NC(=O)CN1C(=O)[C@H]2CCCC[C@H]2C1=O)C12CC3CC(CC(C3)C1)C2. The number of nitrogens with zero attached hydrogens (tertiary/aromatic N) is 1. The molecule has 0 radical (unpaired) electrons. The maximum absolute atomic E-state index is 12.7. The van der Waals surface area contributed by atoms with Gasteiger partial charge in [0, 0.05) is 6.04 Å². The van der Waals surface area contributed by atoms with E-state index in [0.29, 0.717) is 0 Å². The van der Waals surface area contributed by atoms with Gasteiger partial charge in [0.1, 0.15) is 6.54 Å². The molecule has 5 aliphatic carbocycles. The third kappa shape index (κ3) is 2.84. The molecule has 1 saturated heterocycles. The van der Waals surface area contributed by atoms with Crippen molar-refractivity contribution in [2.75, 3.05) is 6.54 Å². The summed E-state index contributed by atoms with van der Waals surface area (Å²) in [7, 11) is 0. The van der Waals surface area contributed by atoms with E-state index in [2.05, 4.69) is 12.2 Å². The summed E-state index contributed by atoms with van der Waals surface area (Å²) in [4.78, 5) is 39.2. The van der Waals surface area contributed by atoms with Gasteiger partial charge in [-0.15, -0.1) is 0 Å².